The van der Waals surface area contributed by atoms with Crippen molar-refractivity contribution in [3.8, 4) is 0 Å². The molecule has 0 aliphatic rings. The van der Waals surface area contributed by atoms with Gasteiger partial charge in [0.25, 0.3) is 0 Å². The maximum Gasteiger partial charge on any atom is 0.250 e. The summed E-state index contributed by atoms with van der Waals surface area (Å²) in [6, 6.07) is 7.46. The number of rotatable bonds is 9. The largest absolute Gasteiger partial charge is 0.289 e. The summed E-state index contributed by atoms with van der Waals surface area (Å²) in [5, 5.41) is 17.6. The van der Waals surface area contributed by atoms with E-state index in [4.69, 9.17) is 16.8 Å². The Labute approximate surface area is 161 Å². The van der Waals surface area contributed by atoms with Crippen molar-refractivity contribution in [2.24, 2.45) is 5.41 Å². The first kappa shape index (κ1) is 20.7. The van der Waals surface area contributed by atoms with E-state index in [1.165, 1.54) is 12.4 Å². The number of hydrogen-bond donors (Lipinski definition) is 3. The van der Waals surface area contributed by atoms with Gasteiger partial charge in [-0.1, -0.05) is 16.8 Å². The van der Waals surface area contributed by atoms with Gasteiger partial charge in [-0.15, -0.1) is 16.9 Å². The number of thiol groups is 1. The maximum absolute atomic E-state index is 11.8. The fraction of sp³-hybridized carbons (Fsp3) is 0.400. The molecule has 1 unspecified atom stereocenters. The second-order valence-corrected chi connectivity index (χ2v) is 8.42. The highest BCUT2D eigenvalue weighted by molar-refractivity contribution is 7.98. The van der Waals surface area contributed by atoms with E-state index in [0.29, 0.717) is 17.3 Å². The van der Waals surface area contributed by atoms with Crippen molar-refractivity contribution in [2.75, 3.05) is 5.75 Å². The summed E-state index contributed by atoms with van der Waals surface area (Å²) in [4.78, 5) is 12.8. The summed E-state index contributed by atoms with van der Waals surface area (Å²) < 4.78 is 23.6. The molecule has 26 heavy (non-hydrogen) atoms. The number of benzene rings is 1. The standard InChI is InChI=1S/C15H19ClN4O4S2/c1-15(10-26(23)24,14(21)18-22)6-7-20-8-12(17-19-20)9-25-13-4-2-11(16)3-5-13/h2-5,8,22,26H,6-7,9-10H2,1H3,(H,18,21). The molecular weight excluding hydrogens is 400 g/mol. The molecule has 2 rings (SSSR count). The van der Waals surface area contributed by atoms with Crippen molar-refractivity contribution < 1.29 is 18.4 Å². The number of aryl methyl sites for hydroxylation is 1. The van der Waals surface area contributed by atoms with Gasteiger partial charge in [0.15, 0.2) is 0 Å². The van der Waals surface area contributed by atoms with E-state index in [0.717, 1.165) is 10.6 Å². The van der Waals surface area contributed by atoms with Gasteiger partial charge in [0.05, 0.1) is 16.9 Å². The molecule has 0 saturated carbocycles. The molecule has 11 heteroatoms. The van der Waals surface area contributed by atoms with E-state index in [1.807, 2.05) is 24.3 Å². The fourth-order valence-corrected chi connectivity index (χ4v) is 4.02. The number of carbonyl (C=O) groups is 1. The van der Waals surface area contributed by atoms with Crippen LogP contribution in [0.4, 0.5) is 0 Å². The molecule has 8 nitrogen and oxygen atoms in total. The minimum Gasteiger partial charge on any atom is -0.289 e. The predicted octanol–water partition coefficient (Wildman–Crippen LogP) is 1.74. The van der Waals surface area contributed by atoms with Gasteiger partial charge in [-0.05, 0) is 37.6 Å². The lowest BCUT2D eigenvalue weighted by atomic mass is 9.88. The van der Waals surface area contributed by atoms with Crippen molar-refractivity contribution in [1.29, 1.82) is 0 Å². The summed E-state index contributed by atoms with van der Waals surface area (Å²) in [6.45, 7) is 1.78. The molecule has 0 bridgehead atoms. The summed E-state index contributed by atoms with van der Waals surface area (Å²) in [5.74, 6) is -0.485. The zero-order valence-electron chi connectivity index (χ0n) is 14.0. The Hall–Kier alpha value is -1.62. The lowest BCUT2D eigenvalue weighted by molar-refractivity contribution is -0.138. The summed E-state index contributed by atoms with van der Waals surface area (Å²) >= 11 is 7.44. The molecule has 1 aromatic carbocycles. The van der Waals surface area contributed by atoms with Crippen LogP contribution in [0.3, 0.4) is 0 Å². The van der Waals surface area contributed by atoms with Crippen LogP contribution in [0, 0.1) is 5.41 Å². The van der Waals surface area contributed by atoms with Crippen molar-refractivity contribution in [1.82, 2.24) is 20.5 Å². The highest BCUT2D eigenvalue weighted by atomic mass is 35.5. The molecule has 0 saturated heterocycles. The van der Waals surface area contributed by atoms with Crippen molar-refractivity contribution in [3.05, 3.63) is 41.2 Å². The average Bonchev–Trinajstić information content (AvgIpc) is 3.06. The summed E-state index contributed by atoms with van der Waals surface area (Å²) in [7, 11) is -2.77. The third kappa shape index (κ3) is 5.97. The number of nitrogens with one attached hydrogen (secondary N) is 1. The quantitative estimate of drug-likeness (QED) is 0.246. The molecule has 0 radical (unpaired) electrons. The third-order valence-corrected chi connectivity index (χ3v) is 6.06. The van der Waals surface area contributed by atoms with E-state index in [1.54, 1.807) is 22.6 Å². The fourth-order valence-electron chi connectivity index (χ4n) is 2.25. The first-order chi connectivity index (χ1) is 12.3. The first-order valence-electron chi connectivity index (χ1n) is 7.66. The first-order valence-corrected chi connectivity index (χ1v) is 10.4. The number of hydrogen-bond acceptors (Lipinski definition) is 7. The van der Waals surface area contributed by atoms with Crippen LogP contribution in [-0.4, -0.2) is 40.3 Å². The van der Waals surface area contributed by atoms with E-state index >= 15 is 0 Å². The molecule has 1 aromatic heterocycles. The van der Waals surface area contributed by atoms with Gasteiger partial charge in [-0.2, -0.15) is 0 Å². The zero-order valence-corrected chi connectivity index (χ0v) is 16.4. The van der Waals surface area contributed by atoms with Crippen LogP contribution in [0.2, 0.25) is 5.02 Å². The highest BCUT2D eigenvalue weighted by Gasteiger charge is 2.34. The van der Waals surface area contributed by atoms with Crippen LogP contribution in [-0.2, 0) is 27.8 Å². The molecule has 1 amide bonds. The number of thioether (sulfide) groups is 1. The van der Waals surface area contributed by atoms with E-state index < -0.39 is 22.0 Å². The molecule has 0 aliphatic heterocycles. The number of amides is 1. The molecule has 2 aromatic rings. The van der Waals surface area contributed by atoms with E-state index in [9.17, 15) is 13.2 Å². The summed E-state index contributed by atoms with van der Waals surface area (Å²) in [5.41, 5.74) is 1.05. The number of halogens is 1. The molecule has 0 fully saturated rings. The number of carbonyl (C=O) groups excluding carboxylic acids is 1. The third-order valence-electron chi connectivity index (χ3n) is 3.81. The molecule has 1 heterocycles. The molecular formula is C15H19ClN4O4S2. The zero-order chi connectivity index (χ0) is 19.2. The van der Waals surface area contributed by atoms with Crippen LogP contribution in [0.15, 0.2) is 35.4 Å². The SMILES string of the molecule is CC(CCn1cc(CSc2ccc(Cl)cc2)nn1)(C[SH](=O)=O)C(=O)NO. The van der Waals surface area contributed by atoms with Crippen LogP contribution < -0.4 is 5.48 Å². The van der Waals surface area contributed by atoms with Gasteiger partial charge in [-0.25, -0.2) is 13.9 Å². The van der Waals surface area contributed by atoms with Crippen LogP contribution >= 0.6 is 23.4 Å². The number of nitrogens with zero attached hydrogens (tertiary/aromatic N) is 3. The molecule has 1 atom stereocenters. The Morgan fingerprint density at radius 2 is 2.08 bits per heavy atom. The second kappa shape index (κ2) is 9.36. The van der Waals surface area contributed by atoms with Crippen molar-refractivity contribution in [3.63, 3.8) is 0 Å². The van der Waals surface area contributed by atoms with Crippen LogP contribution in [0.25, 0.3) is 0 Å². The number of hydroxylamine groups is 1. The Bertz CT molecular complexity index is 817. The summed E-state index contributed by atoms with van der Waals surface area (Å²) in [6.07, 6.45) is 1.94. The lowest BCUT2D eigenvalue weighted by Crippen LogP contribution is -2.41. The van der Waals surface area contributed by atoms with Gasteiger partial charge < -0.3 is 0 Å². The normalized spacial score (nSPS) is 13.5. The molecule has 142 valence electrons. The Morgan fingerprint density at radius 1 is 1.38 bits per heavy atom. The van der Waals surface area contributed by atoms with Gasteiger partial charge >= 0.3 is 0 Å². The number of aromatic nitrogens is 3. The maximum atomic E-state index is 11.8. The van der Waals surface area contributed by atoms with E-state index in [-0.39, 0.29) is 12.2 Å². The Balaban J connectivity index is 1.94. The monoisotopic (exact) mass is 418 g/mol. The van der Waals surface area contributed by atoms with Gasteiger partial charge in [0, 0.05) is 28.4 Å². The minimum atomic E-state index is -2.77. The average molecular weight is 419 g/mol. The lowest BCUT2D eigenvalue weighted by Gasteiger charge is -2.24. The molecule has 0 aliphatic carbocycles. The smallest absolute Gasteiger partial charge is 0.250 e. The molecule has 2 N–H and O–H groups in total. The second-order valence-electron chi connectivity index (χ2n) is 5.96. The molecule has 0 spiro atoms. The van der Waals surface area contributed by atoms with Crippen LogP contribution in [0.5, 0.6) is 0 Å². The Kier molecular flexibility index (Phi) is 7.44. The topological polar surface area (TPSA) is 114 Å². The van der Waals surface area contributed by atoms with Crippen LogP contribution in [0.1, 0.15) is 19.0 Å². The minimum absolute atomic E-state index is 0.190. The Morgan fingerprint density at radius 3 is 2.69 bits per heavy atom. The van der Waals surface area contributed by atoms with Gasteiger partial charge in [0.1, 0.15) is 10.7 Å². The van der Waals surface area contributed by atoms with Gasteiger partial charge in [-0.3, -0.25) is 14.7 Å². The van der Waals surface area contributed by atoms with Crippen molar-refractivity contribution >= 4 is 40.0 Å². The predicted molar refractivity (Wildman–Crippen MR) is 98.9 cm³/mol. The highest BCUT2D eigenvalue weighted by Crippen LogP contribution is 2.25. The van der Waals surface area contributed by atoms with E-state index in [2.05, 4.69) is 10.3 Å². The van der Waals surface area contributed by atoms with Gasteiger partial charge in [0.2, 0.25) is 5.91 Å². The van der Waals surface area contributed by atoms with Crippen molar-refractivity contribution in [2.45, 2.75) is 30.5 Å².